The van der Waals surface area contributed by atoms with Crippen LogP contribution in [0, 0.1) is 11.7 Å². The summed E-state index contributed by atoms with van der Waals surface area (Å²) in [6.07, 6.45) is 6.72. The molecule has 3 heterocycles. The van der Waals surface area contributed by atoms with Gasteiger partial charge in [-0.25, -0.2) is 18.2 Å². The summed E-state index contributed by atoms with van der Waals surface area (Å²) in [6, 6.07) is 2.88. The second-order valence-electron chi connectivity index (χ2n) is 12.8. The Morgan fingerprint density at radius 3 is 2.77 bits per heavy atom. The lowest BCUT2D eigenvalue weighted by Gasteiger charge is -2.28. The average molecular weight is 635 g/mol. The summed E-state index contributed by atoms with van der Waals surface area (Å²) in [6.45, 7) is 0.417. The number of amides is 3. The first-order valence-electron chi connectivity index (χ1n) is 15.4. The number of ether oxygens (including phenoxy) is 1. The Bertz CT molecular complexity index is 1450. The molecule has 0 aromatic heterocycles. The summed E-state index contributed by atoms with van der Waals surface area (Å²) < 4.78 is 45.6. The zero-order chi connectivity index (χ0) is 31.2. The second kappa shape index (κ2) is 12.1. The highest BCUT2D eigenvalue weighted by atomic mass is 32.2. The molecule has 5 aliphatic rings. The van der Waals surface area contributed by atoms with Crippen molar-refractivity contribution >= 4 is 27.7 Å². The first-order chi connectivity index (χ1) is 21.0. The van der Waals surface area contributed by atoms with Gasteiger partial charge in [0.25, 0.3) is 5.91 Å². The number of hydrogen-bond donors (Lipinski definition) is 4. The maximum Gasteiger partial charge on any atom is 0.370 e. The van der Waals surface area contributed by atoms with Crippen molar-refractivity contribution in [3.8, 4) is 0 Å². The van der Waals surface area contributed by atoms with Gasteiger partial charge in [0.15, 0.2) is 0 Å². The van der Waals surface area contributed by atoms with E-state index in [4.69, 9.17) is 10.5 Å². The number of halogens is 1. The van der Waals surface area contributed by atoms with E-state index in [9.17, 15) is 32.3 Å². The quantitative estimate of drug-likeness (QED) is 0.203. The molecule has 3 aliphatic heterocycles. The molecule has 12 nitrogen and oxygen atoms in total. The van der Waals surface area contributed by atoms with Gasteiger partial charge in [-0.1, -0.05) is 37.1 Å². The summed E-state index contributed by atoms with van der Waals surface area (Å²) in [5.41, 5.74) is 6.10. The molecular weight excluding hydrogens is 593 g/mol. The number of nitrogens with two attached hydrogens (primary N) is 1. The lowest BCUT2D eigenvalue weighted by molar-refractivity contribution is -0.218. The molecule has 2 aliphatic carbocycles. The van der Waals surface area contributed by atoms with Gasteiger partial charge in [-0.15, -0.1) is 0 Å². The minimum absolute atomic E-state index is 0.00844. The number of aliphatic hydroxyl groups excluding tert-OH is 1. The minimum Gasteiger partial charge on any atom is -0.356 e. The van der Waals surface area contributed by atoms with Gasteiger partial charge >= 0.3 is 10.0 Å². The van der Waals surface area contributed by atoms with Crippen molar-refractivity contribution in [3.05, 3.63) is 47.3 Å². The highest BCUT2D eigenvalue weighted by Crippen LogP contribution is 2.46. The summed E-state index contributed by atoms with van der Waals surface area (Å²) in [5.74, 6) is -2.47. The lowest BCUT2D eigenvalue weighted by atomic mass is 10.1. The maximum absolute atomic E-state index is 14.3. The number of hydrogen-bond acceptors (Lipinski definition) is 8. The van der Waals surface area contributed by atoms with Crippen molar-refractivity contribution in [2.75, 3.05) is 6.54 Å². The predicted octanol–water partition coefficient (Wildman–Crippen LogP) is 0.891. The standard InChI is InChI=1S/C30H40FN5O7S/c31-23-9-6-7-18-15-35(17-22(18)23)29(40)43-20-13-25-26(37)33-30(28(39)34-44(41,42)21-11-12-21)14-19(30)8-4-2-1-3-5-10-24(32)27(38)36(25)16-20/h4,6-9,19-21,24-25,29,40H,1-3,5,10-17,32H2,(H,33,37)(H,34,39,41,42)/p+1/b8-4-/t19-,20-,24+,25+,29?,30-/m1/s1. The van der Waals surface area contributed by atoms with E-state index in [1.54, 1.807) is 17.0 Å². The molecule has 1 saturated heterocycles. The van der Waals surface area contributed by atoms with E-state index >= 15 is 0 Å². The third-order valence-electron chi connectivity index (χ3n) is 9.48. The second-order valence-corrected chi connectivity index (χ2v) is 14.8. The van der Waals surface area contributed by atoms with Gasteiger partial charge in [0.1, 0.15) is 22.6 Å². The van der Waals surface area contributed by atoms with Gasteiger partial charge < -0.3 is 25.8 Å². The Balaban J connectivity index is 1.20. The number of fused-ring (bicyclic) bond motifs is 3. The number of rotatable bonds is 6. The first kappa shape index (κ1) is 31.1. The number of carbonyl (C=O) groups is 3. The fourth-order valence-electron chi connectivity index (χ4n) is 6.59. The molecule has 7 atom stereocenters. The highest BCUT2D eigenvalue weighted by Gasteiger charge is 2.62. The lowest BCUT2D eigenvalue weighted by Crippen LogP contribution is -2.57. The zero-order valence-corrected chi connectivity index (χ0v) is 25.3. The van der Waals surface area contributed by atoms with Crippen molar-refractivity contribution < 1.29 is 37.0 Å². The van der Waals surface area contributed by atoms with Crippen LogP contribution in [-0.2, 0) is 42.2 Å². The normalized spacial score (nSPS) is 33.9. The molecule has 2 unspecified atom stereocenters. The van der Waals surface area contributed by atoms with Gasteiger partial charge in [0, 0.05) is 37.5 Å². The summed E-state index contributed by atoms with van der Waals surface area (Å²) in [4.78, 5) is 43.8. The van der Waals surface area contributed by atoms with E-state index in [0.29, 0.717) is 24.8 Å². The number of aliphatic hydroxyl groups is 1. The van der Waals surface area contributed by atoms with E-state index in [0.717, 1.165) is 31.2 Å². The Hall–Kier alpha value is -2.91. The van der Waals surface area contributed by atoms with Crippen LogP contribution < -0.4 is 15.8 Å². The predicted molar refractivity (Wildman–Crippen MR) is 157 cm³/mol. The summed E-state index contributed by atoms with van der Waals surface area (Å²) >= 11 is 0. The molecule has 1 aromatic rings. The Morgan fingerprint density at radius 1 is 1.23 bits per heavy atom. The Morgan fingerprint density at radius 2 is 2.02 bits per heavy atom. The first-order valence-corrected chi connectivity index (χ1v) is 17.0. The van der Waals surface area contributed by atoms with Crippen LogP contribution >= 0.6 is 0 Å². The van der Waals surface area contributed by atoms with Crippen LogP contribution in [0.15, 0.2) is 30.4 Å². The minimum atomic E-state index is -3.60. The molecule has 0 spiro atoms. The average Bonchev–Trinajstić information content (AvgIpc) is 3.86. The molecule has 6 N–H and O–H groups in total. The number of allylic oxidation sites excluding steroid dienone is 1. The van der Waals surface area contributed by atoms with Crippen LogP contribution in [0.5, 0.6) is 0 Å². The van der Waals surface area contributed by atoms with Gasteiger partial charge in [-0.05, 0) is 50.2 Å². The fourth-order valence-corrected chi connectivity index (χ4v) is 7.98. The molecule has 6 rings (SSSR count). The molecule has 44 heavy (non-hydrogen) atoms. The van der Waals surface area contributed by atoms with Gasteiger partial charge in [-0.2, -0.15) is 4.21 Å². The van der Waals surface area contributed by atoms with Crippen LogP contribution in [0.3, 0.4) is 0 Å². The largest absolute Gasteiger partial charge is 0.370 e. The topological polar surface area (TPSA) is 176 Å². The molecule has 2 saturated carbocycles. The number of carbonyl (C=O) groups excluding carboxylic acids is 3. The Kier molecular flexibility index (Phi) is 8.56. The molecule has 0 bridgehead atoms. The van der Waals surface area contributed by atoms with E-state index in [2.05, 4.69) is 10.0 Å². The van der Waals surface area contributed by atoms with Crippen LogP contribution in [-0.4, -0.2) is 83.0 Å². The van der Waals surface area contributed by atoms with Gasteiger partial charge in [0.05, 0.1) is 12.1 Å². The molecule has 3 amide bonds. The maximum atomic E-state index is 14.3. The number of benzene rings is 1. The third-order valence-corrected chi connectivity index (χ3v) is 11.3. The van der Waals surface area contributed by atoms with E-state index in [1.165, 1.54) is 11.0 Å². The zero-order valence-electron chi connectivity index (χ0n) is 24.5. The van der Waals surface area contributed by atoms with Crippen LogP contribution in [0.25, 0.3) is 0 Å². The van der Waals surface area contributed by atoms with Crippen LogP contribution in [0.1, 0.15) is 68.9 Å². The third kappa shape index (κ3) is 6.27. The Labute approximate surface area is 256 Å². The molecule has 0 radical (unpaired) electrons. The van der Waals surface area contributed by atoms with Crippen molar-refractivity contribution in [3.63, 3.8) is 0 Å². The molecule has 3 fully saturated rings. The van der Waals surface area contributed by atoms with Crippen molar-refractivity contribution in [2.45, 2.75) is 106 Å². The van der Waals surface area contributed by atoms with Crippen molar-refractivity contribution in [1.82, 2.24) is 19.8 Å². The molecule has 240 valence electrons. The fraction of sp³-hybridized carbons (Fsp3) is 0.633. The van der Waals surface area contributed by atoms with Gasteiger partial charge in [0.2, 0.25) is 18.2 Å². The van der Waals surface area contributed by atoms with E-state index in [-0.39, 0.29) is 44.2 Å². The van der Waals surface area contributed by atoms with E-state index in [1.807, 2.05) is 12.2 Å². The summed E-state index contributed by atoms with van der Waals surface area (Å²) in [5, 5.41) is 13.2. The van der Waals surface area contributed by atoms with Gasteiger partial charge in [-0.3, -0.25) is 14.4 Å². The van der Waals surface area contributed by atoms with Crippen molar-refractivity contribution in [1.29, 1.82) is 0 Å². The molecule has 14 heteroatoms. The number of nitrogens with zero attached hydrogens (tertiary/aromatic N) is 2. The SMILES string of the molecule is N[C@H]1CCCCC/C=C\[C@@H]2C[C@@]2(C(=O)NS(=O)(=[OH+])C2CC2)NC(=O)[C@@H]2C[C@@H](OC(O)N3Cc4cccc(F)c4C3)CN2C1=O. The van der Waals surface area contributed by atoms with Crippen LogP contribution in [0.4, 0.5) is 4.39 Å². The van der Waals surface area contributed by atoms with E-state index < -0.39 is 63.1 Å². The summed E-state index contributed by atoms with van der Waals surface area (Å²) in [7, 11) is -3.60. The van der Waals surface area contributed by atoms with Crippen molar-refractivity contribution in [2.24, 2.45) is 11.7 Å². The monoisotopic (exact) mass is 634 g/mol. The molecular formula is C30H41FN5O7S+. The van der Waals surface area contributed by atoms with Crippen LogP contribution in [0.2, 0.25) is 0 Å². The molecule has 1 aromatic carbocycles. The number of nitrogens with one attached hydrogen (secondary N) is 2. The highest BCUT2D eigenvalue weighted by molar-refractivity contribution is 7.91. The smallest absolute Gasteiger partial charge is 0.356 e.